The van der Waals surface area contributed by atoms with E-state index in [4.69, 9.17) is 16.3 Å². The number of hydrogen-bond donors (Lipinski definition) is 1. The van der Waals surface area contributed by atoms with Crippen LogP contribution in [0.1, 0.15) is 5.56 Å². The summed E-state index contributed by atoms with van der Waals surface area (Å²) in [4.78, 5) is 29.4. The fourth-order valence-corrected chi connectivity index (χ4v) is 5.30. The molecule has 0 saturated heterocycles. The number of aromatic amines is 1. The topological polar surface area (TPSA) is 67.3 Å². The maximum absolute atomic E-state index is 14.2. The van der Waals surface area contributed by atoms with E-state index in [1.165, 1.54) is 10.6 Å². The van der Waals surface area contributed by atoms with Gasteiger partial charge in [0.2, 0.25) is 0 Å². The molecule has 0 fully saturated rings. The molecule has 182 valence electrons. The van der Waals surface area contributed by atoms with Crippen molar-refractivity contribution in [1.82, 2.24) is 14.5 Å². The number of aromatic nitrogens is 2. The van der Waals surface area contributed by atoms with Crippen LogP contribution in [-0.4, -0.2) is 53.6 Å². The molecule has 6 nitrogen and oxygen atoms in total. The first-order chi connectivity index (χ1) is 16.0. The summed E-state index contributed by atoms with van der Waals surface area (Å²) in [6, 6.07) is 4.01. The Balaban J connectivity index is 1.99. The van der Waals surface area contributed by atoms with Crippen molar-refractivity contribution in [3.05, 3.63) is 61.5 Å². The molecule has 34 heavy (non-hydrogen) atoms. The van der Waals surface area contributed by atoms with Gasteiger partial charge < -0.3 is 9.64 Å². The normalized spacial score (nSPS) is 16.3. The zero-order valence-corrected chi connectivity index (χ0v) is 19.7. The minimum absolute atomic E-state index is 0.0226. The zero-order chi connectivity index (χ0) is 24.8. The van der Waals surface area contributed by atoms with E-state index in [0.29, 0.717) is 13.2 Å². The molecule has 0 bridgehead atoms. The van der Waals surface area contributed by atoms with Gasteiger partial charge in [0.05, 0.1) is 40.7 Å². The fraction of sp³-hybridized carbons (Fsp3) is 0.364. The number of H-pyrrole nitrogens is 1. The van der Waals surface area contributed by atoms with Crippen LogP contribution in [-0.2, 0) is 17.5 Å². The van der Waals surface area contributed by atoms with Gasteiger partial charge in [-0.3, -0.25) is 14.3 Å². The number of nitrogens with one attached hydrogen (secondary N) is 1. The van der Waals surface area contributed by atoms with Gasteiger partial charge in [-0.2, -0.15) is 13.2 Å². The molecule has 12 heteroatoms. The van der Waals surface area contributed by atoms with Crippen LogP contribution in [0.25, 0.3) is 22.0 Å². The molecule has 0 spiro atoms. The first-order valence-corrected chi connectivity index (χ1v) is 11.6. The highest BCUT2D eigenvalue weighted by Crippen LogP contribution is 2.46. The first-order valence-electron chi connectivity index (χ1n) is 10.2. The van der Waals surface area contributed by atoms with Crippen molar-refractivity contribution >= 4 is 34.3 Å². The summed E-state index contributed by atoms with van der Waals surface area (Å²) < 4.78 is 63.5. The van der Waals surface area contributed by atoms with Gasteiger partial charge in [0, 0.05) is 22.8 Å². The van der Waals surface area contributed by atoms with Gasteiger partial charge >= 0.3 is 11.9 Å². The Hall–Kier alpha value is -2.34. The van der Waals surface area contributed by atoms with Gasteiger partial charge in [-0.05, 0) is 37.9 Å². The standard InChI is InChI=1S/C22H20ClF4N3O3S/c1-29(2)5-6-33-12-9-30-18-13(20(31)28-21(30)32)8-14(22(25,26)27)17(19(18)34-10-12)11-3-4-16(24)15(23)7-11/h3-4,7-8,12H,5-6,9-10H2,1-2H3,(H,28,31,32)/t12-/m0/s1. The Morgan fingerprint density at radius 1 is 1.26 bits per heavy atom. The molecule has 0 unspecified atom stereocenters. The number of hydrogen-bond acceptors (Lipinski definition) is 5. The molecule has 3 aromatic rings. The number of alkyl halides is 3. The highest BCUT2D eigenvalue weighted by molar-refractivity contribution is 7.99. The summed E-state index contributed by atoms with van der Waals surface area (Å²) in [6.45, 7) is 1.01. The van der Waals surface area contributed by atoms with E-state index in [1.807, 2.05) is 19.0 Å². The zero-order valence-electron chi connectivity index (χ0n) is 18.1. The van der Waals surface area contributed by atoms with E-state index < -0.39 is 34.9 Å². The molecule has 1 aliphatic heterocycles. The molecule has 0 radical (unpaired) electrons. The highest BCUT2D eigenvalue weighted by atomic mass is 35.5. The number of halogens is 5. The van der Waals surface area contributed by atoms with Gasteiger partial charge in [0.25, 0.3) is 5.56 Å². The monoisotopic (exact) mass is 517 g/mol. The van der Waals surface area contributed by atoms with Crippen molar-refractivity contribution in [1.29, 1.82) is 0 Å². The van der Waals surface area contributed by atoms with E-state index in [2.05, 4.69) is 4.98 Å². The Bertz CT molecular complexity index is 1370. The Morgan fingerprint density at radius 3 is 2.65 bits per heavy atom. The lowest BCUT2D eigenvalue weighted by Crippen LogP contribution is -2.35. The van der Waals surface area contributed by atoms with Crippen molar-refractivity contribution in [3.8, 4) is 11.1 Å². The van der Waals surface area contributed by atoms with Gasteiger partial charge in [0.15, 0.2) is 0 Å². The van der Waals surface area contributed by atoms with Gasteiger partial charge in [-0.1, -0.05) is 17.7 Å². The lowest BCUT2D eigenvalue weighted by Gasteiger charge is -2.20. The molecule has 2 aromatic carbocycles. The van der Waals surface area contributed by atoms with Crippen LogP contribution in [0.3, 0.4) is 0 Å². The summed E-state index contributed by atoms with van der Waals surface area (Å²) in [5.41, 5.74) is -2.90. The number of thioether (sulfide) groups is 1. The third-order valence-corrected chi connectivity index (χ3v) is 6.96. The van der Waals surface area contributed by atoms with Crippen LogP contribution < -0.4 is 11.2 Å². The summed E-state index contributed by atoms with van der Waals surface area (Å²) in [5, 5.41) is -0.606. The van der Waals surface area contributed by atoms with Crippen molar-refractivity contribution in [3.63, 3.8) is 0 Å². The molecule has 2 heterocycles. The van der Waals surface area contributed by atoms with Gasteiger partial charge in [-0.25, -0.2) is 9.18 Å². The third-order valence-electron chi connectivity index (χ3n) is 5.44. The lowest BCUT2D eigenvalue weighted by atomic mass is 9.96. The molecule has 0 amide bonds. The summed E-state index contributed by atoms with van der Waals surface area (Å²) in [6.07, 6.45) is -5.33. The van der Waals surface area contributed by atoms with Crippen molar-refractivity contribution < 1.29 is 22.3 Å². The van der Waals surface area contributed by atoms with Crippen LogP contribution in [0.2, 0.25) is 5.02 Å². The van der Waals surface area contributed by atoms with Crippen LogP contribution >= 0.6 is 23.4 Å². The van der Waals surface area contributed by atoms with Crippen LogP contribution in [0, 0.1) is 5.82 Å². The fourth-order valence-electron chi connectivity index (χ4n) is 3.83. The van der Waals surface area contributed by atoms with E-state index in [9.17, 15) is 27.2 Å². The van der Waals surface area contributed by atoms with Crippen molar-refractivity contribution in [2.45, 2.75) is 23.7 Å². The molecule has 1 N–H and O–H groups in total. The molecule has 4 rings (SSSR count). The Kier molecular flexibility index (Phi) is 6.83. The molecule has 1 atom stereocenters. The van der Waals surface area contributed by atoms with Crippen LogP contribution in [0.5, 0.6) is 0 Å². The second-order valence-electron chi connectivity index (χ2n) is 8.13. The maximum atomic E-state index is 14.2. The Morgan fingerprint density at radius 2 is 2.00 bits per heavy atom. The smallest absolute Gasteiger partial charge is 0.374 e. The second kappa shape index (κ2) is 9.37. The van der Waals surface area contributed by atoms with E-state index in [0.717, 1.165) is 30.0 Å². The lowest BCUT2D eigenvalue weighted by molar-refractivity contribution is -0.137. The number of nitrogens with zero attached hydrogens (tertiary/aromatic N) is 2. The van der Waals surface area contributed by atoms with E-state index in [1.54, 1.807) is 0 Å². The predicted octanol–water partition coefficient (Wildman–Crippen LogP) is 4.22. The molecule has 1 aromatic heterocycles. The Labute approximate surface area is 200 Å². The van der Waals surface area contributed by atoms with Gasteiger partial charge in [0.1, 0.15) is 5.82 Å². The SMILES string of the molecule is CN(C)CCO[C@@H]1CSc2c(-c3ccc(F)c(Cl)c3)c(C(F)(F)F)cc3c(=O)[nH]c(=O)n(c23)C1. The number of ether oxygens (including phenoxy) is 1. The highest BCUT2D eigenvalue weighted by Gasteiger charge is 2.38. The number of rotatable bonds is 5. The molecule has 0 saturated carbocycles. The molecule has 1 aliphatic rings. The van der Waals surface area contributed by atoms with Crippen LogP contribution in [0.15, 0.2) is 38.8 Å². The average molecular weight is 518 g/mol. The van der Waals surface area contributed by atoms with E-state index >= 15 is 0 Å². The second-order valence-corrected chi connectivity index (χ2v) is 9.57. The number of benzene rings is 2. The number of likely N-dealkylation sites (N-methyl/N-ethyl adjacent to an activating group) is 1. The quantitative estimate of drug-likeness (QED) is 0.513. The van der Waals surface area contributed by atoms with E-state index in [-0.39, 0.29) is 44.2 Å². The predicted molar refractivity (Wildman–Crippen MR) is 123 cm³/mol. The molecule has 0 aliphatic carbocycles. The molecular formula is C22H20ClF4N3O3S. The summed E-state index contributed by atoms with van der Waals surface area (Å²) in [5.74, 6) is -0.540. The molecular weight excluding hydrogens is 498 g/mol. The summed E-state index contributed by atoms with van der Waals surface area (Å²) >= 11 is 6.94. The third kappa shape index (κ3) is 4.74. The van der Waals surface area contributed by atoms with Crippen molar-refractivity contribution in [2.24, 2.45) is 0 Å². The minimum atomic E-state index is -4.83. The largest absolute Gasteiger partial charge is 0.417 e. The average Bonchev–Trinajstić information content (AvgIpc) is 2.93. The first kappa shape index (κ1) is 24.8. The minimum Gasteiger partial charge on any atom is -0.374 e. The maximum Gasteiger partial charge on any atom is 0.417 e. The van der Waals surface area contributed by atoms with Crippen molar-refractivity contribution in [2.75, 3.05) is 33.0 Å². The summed E-state index contributed by atoms with van der Waals surface area (Å²) in [7, 11) is 3.74. The van der Waals surface area contributed by atoms with Gasteiger partial charge in [-0.15, -0.1) is 11.8 Å². The van der Waals surface area contributed by atoms with Crippen LogP contribution in [0.4, 0.5) is 17.6 Å².